The lowest BCUT2D eigenvalue weighted by atomic mass is 10.1. The first-order chi connectivity index (χ1) is 15.8. The summed E-state index contributed by atoms with van der Waals surface area (Å²) >= 11 is 0. The number of anilines is 3. The smallest absolute Gasteiger partial charge is 0.370 e. The quantitative estimate of drug-likeness (QED) is 0.421. The van der Waals surface area contributed by atoms with Gasteiger partial charge in [-0.2, -0.15) is 13.2 Å². The van der Waals surface area contributed by atoms with Gasteiger partial charge in [0.2, 0.25) is 5.91 Å². The standard InChI is InChI=1S/C25H22F3N3O2/c26-25(27,28)18-8-4-9-19(14-18)31-24(33)22(16-6-2-1-3-7-16)29-20-10-5-11-21(15-20)30-23(32)17-12-13-17/h1-11,14-15,17,22,29H,12-13H2,(H,30,32)(H,31,33). The Kier molecular flexibility index (Phi) is 6.35. The molecule has 1 atom stereocenters. The molecule has 1 fully saturated rings. The largest absolute Gasteiger partial charge is 0.416 e. The summed E-state index contributed by atoms with van der Waals surface area (Å²) in [7, 11) is 0. The van der Waals surface area contributed by atoms with E-state index in [9.17, 15) is 22.8 Å². The summed E-state index contributed by atoms with van der Waals surface area (Å²) in [5.41, 5.74) is 1.01. The van der Waals surface area contributed by atoms with E-state index in [4.69, 9.17) is 0 Å². The third-order valence-corrected chi connectivity index (χ3v) is 5.24. The average molecular weight is 453 g/mol. The minimum Gasteiger partial charge on any atom is -0.370 e. The van der Waals surface area contributed by atoms with Crippen LogP contribution in [0.3, 0.4) is 0 Å². The summed E-state index contributed by atoms with van der Waals surface area (Å²) in [6.07, 6.45) is -2.74. The van der Waals surface area contributed by atoms with E-state index in [2.05, 4.69) is 16.0 Å². The van der Waals surface area contributed by atoms with Crippen molar-refractivity contribution in [1.82, 2.24) is 0 Å². The van der Waals surface area contributed by atoms with Gasteiger partial charge in [-0.1, -0.05) is 42.5 Å². The van der Waals surface area contributed by atoms with E-state index < -0.39 is 23.7 Å². The Morgan fingerprint density at radius 2 is 1.42 bits per heavy atom. The van der Waals surface area contributed by atoms with Crippen LogP contribution in [0.5, 0.6) is 0 Å². The molecule has 0 heterocycles. The van der Waals surface area contributed by atoms with E-state index in [1.165, 1.54) is 12.1 Å². The number of hydrogen-bond acceptors (Lipinski definition) is 3. The number of halogens is 3. The fourth-order valence-electron chi connectivity index (χ4n) is 3.38. The maximum absolute atomic E-state index is 13.1. The number of alkyl halides is 3. The highest BCUT2D eigenvalue weighted by atomic mass is 19.4. The lowest BCUT2D eigenvalue weighted by Gasteiger charge is -2.21. The fraction of sp³-hybridized carbons (Fsp3) is 0.200. The second-order valence-electron chi connectivity index (χ2n) is 7.90. The zero-order valence-electron chi connectivity index (χ0n) is 17.5. The second-order valence-corrected chi connectivity index (χ2v) is 7.90. The number of carbonyl (C=O) groups excluding carboxylic acids is 2. The number of amides is 2. The molecule has 1 saturated carbocycles. The molecule has 33 heavy (non-hydrogen) atoms. The van der Waals surface area contributed by atoms with Crippen molar-refractivity contribution < 1.29 is 22.8 Å². The Balaban J connectivity index is 1.55. The molecule has 1 aliphatic carbocycles. The molecule has 0 aromatic heterocycles. The predicted octanol–water partition coefficient (Wildman–Crippen LogP) is 5.85. The van der Waals surface area contributed by atoms with Gasteiger partial charge < -0.3 is 16.0 Å². The number of carbonyl (C=O) groups is 2. The van der Waals surface area contributed by atoms with E-state index in [0.29, 0.717) is 16.9 Å². The molecule has 0 spiro atoms. The van der Waals surface area contributed by atoms with Crippen LogP contribution >= 0.6 is 0 Å². The minimum atomic E-state index is -4.51. The third-order valence-electron chi connectivity index (χ3n) is 5.24. The number of rotatable bonds is 7. The molecule has 0 radical (unpaired) electrons. The third kappa shape index (κ3) is 5.91. The average Bonchev–Trinajstić information content (AvgIpc) is 3.64. The van der Waals surface area contributed by atoms with Gasteiger partial charge >= 0.3 is 6.18 Å². The van der Waals surface area contributed by atoms with E-state index in [1.807, 2.05) is 0 Å². The highest BCUT2D eigenvalue weighted by molar-refractivity contribution is 5.98. The van der Waals surface area contributed by atoms with Gasteiger partial charge in [0.05, 0.1) is 5.56 Å². The Morgan fingerprint density at radius 1 is 0.788 bits per heavy atom. The highest BCUT2D eigenvalue weighted by Gasteiger charge is 2.31. The van der Waals surface area contributed by atoms with Gasteiger partial charge in [-0.3, -0.25) is 9.59 Å². The van der Waals surface area contributed by atoms with Gasteiger partial charge in [-0.25, -0.2) is 0 Å². The van der Waals surface area contributed by atoms with E-state index >= 15 is 0 Å². The maximum Gasteiger partial charge on any atom is 0.416 e. The van der Waals surface area contributed by atoms with Crippen LogP contribution in [0.4, 0.5) is 30.2 Å². The molecule has 1 unspecified atom stereocenters. The lowest BCUT2D eigenvalue weighted by molar-refractivity contribution is -0.137. The normalized spacial score (nSPS) is 14.3. The number of benzene rings is 3. The van der Waals surface area contributed by atoms with Crippen LogP contribution < -0.4 is 16.0 Å². The van der Waals surface area contributed by atoms with Crippen LogP contribution in [-0.2, 0) is 15.8 Å². The summed E-state index contributed by atoms with van der Waals surface area (Å²) < 4.78 is 39.1. The van der Waals surface area contributed by atoms with Crippen molar-refractivity contribution in [3.63, 3.8) is 0 Å². The molecular weight excluding hydrogens is 431 g/mol. The molecule has 2 amide bonds. The van der Waals surface area contributed by atoms with Crippen molar-refractivity contribution >= 4 is 28.9 Å². The summed E-state index contributed by atoms with van der Waals surface area (Å²) in [5, 5.41) is 8.57. The first kappa shape index (κ1) is 22.4. The Bertz CT molecular complexity index is 1140. The van der Waals surface area contributed by atoms with Crippen molar-refractivity contribution in [1.29, 1.82) is 0 Å². The fourth-order valence-corrected chi connectivity index (χ4v) is 3.38. The lowest BCUT2D eigenvalue weighted by Crippen LogP contribution is -2.27. The number of hydrogen-bond donors (Lipinski definition) is 3. The van der Waals surface area contributed by atoms with Crippen LogP contribution in [-0.4, -0.2) is 11.8 Å². The van der Waals surface area contributed by atoms with Gasteiger partial charge in [0.1, 0.15) is 6.04 Å². The molecule has 0 bridgehead atoms. The molecule has 0 aliphatic heterocycles. The molecule has 8 heteroatoms. The summed E-state index contributed by atoms with van der Waals surface area (Å²) in [4.78, 5) is 25.2. The maximum atomic E-state index is 13.1. The summed E-state index contributed by atoms with van der Waals surface area (Å²) in [5.74, 6) is -0.501. The molecule has 4 rings (SSSR count). The van der Waals surface area contributed by atoms with Gasteiger partial charge in [-0.15, -0.1) is 0 Å². The van der Waals surface area contributed by atoms with Crippen molar-refractivity contribution in [3.8, 4) is 0 Å². The van der Waals surface area contributed by atoms with Crippen LogP contribution in [0.1, 0.15) is 30.0 Å². The highest BCUT2D eigenvalue weighted by Crippen LogP contribution is 2.32. The SMILES string of the molecule is O=C(Nc1cccc(NC(C(=O)Nc2cccc(C(F)(F)F)c2)c2ccccc2)c1)C1CC1. The predicted molar refractivity (Wildman–Crippen MR) is 121 cm³/mol. The second kappa shape index (κ2) is 9.36. The molecule has 3 N–H and O–H groups in total. The van der Waals surface area contributed by atoms with Gasteiger partial charge in [0, 0.05) is 23.0 Å². The van der Waals surface area contributed by atoms with Crippen LogP contribution in [0.15, 0.2) is 78.9 Å². The molecular formula is C25H22F3N3O2. The zero-order valence-corrected chi connectivity index (χ0v) is 17.5. The van der Waals surface area contributed by atoms with E-state index in [0.717, 1.165) is 25.0 Å². The first-order valence-electron chi connectivity index (χ1n) is 10.5. The van der Waals surface area contributed by atoms with Gasteiger partial charge in [0.25, 0.3) is 5.91 Å². The van der Waals surface area contributed by atoms with Crippen LogP contribution in [0.2, 0.25) is 0 Å². The summed E-state index contributed by atoms with van der Waals surface area (Å²) in [6.45, 7) is 0. The van der Waals surface area contributed by atoms with E-state index in [-0.39, 0.29) is 17.5 Å². The van der Waals surface area contributed by atoms with Crippen molar-refractivity contribution in [2.45, 2.75) is 25.1 Å². The molecule has 5 nitrogen and oxygen atoms in total. The van der Waals surface area contributed by atoms with Crippen molar-refractivity contribution in [2.24, 2.45) is 5.92 Å². The van der Waals surface area contributed by atoms with Crippen LogP contribution in [0.25, 0.3) is 0 Å². The minimum absolute atomic E-state index is 0.0333. The monoisotopic (exact) mass is 453 g/mol. The summed E-state index contributed by atoms with van der Waals surface area (Å²) in [6, 6.07) is 19.4. The number of nitrogens with one attached hydrogen (secondary N) is 3. The zero-order chi connectivity index (χ0) is 23.4. The molecule has 3 aromatic rings. The van der Waals surface area contributed by atoms with Gasteiger partial charge in [0.15, 0.2) is 0 Å². The molecule has 170 valence electrons. The topological polar surface area (TPSA) is 70.2 Å². The van der Waals surface area contributed by atoms with Crippen molar-refractivity contribution in [2.75, 3.05) is 16.0 Å². The molecule has 0 saturated heterocycles. The van der Waals surface area contributed by atoms with E-state index in [1.54, 1.807) is 54.6 Å². The Morgan fingerprint density at radius 3 is 2.09 bits per heavy atom. The molecule has 3 aromatic carbocycles. The van der Waals surface area contributed by atoms with Crippen LogP contribution in [0, 0.1) is 5.92 Å². The van der Waals surface area contributed by atoms with Crippen molar-refractivity contribution in [3.05, 3.63) is 90.0 Å². The molecule has 1 aliphatic rings. The Hall–Kier alpha value is -3.81. The van der Waals surface area contributed by atoms with Gasteiger partial charge in [-0.05, 0) is 54.8 Å². The first-order valence-corrected chi connectivity index (χ1v) is 10.5. The Labute approximate surface area is 189 Å².